The molecule has 1 N–H and O–H groups in total. The number of halogens is 2. The molecule has 3 rings (SSSR count). The number of fused-ring (bicyclic) bond motifs is 1. The summed E-state index contributed by atoms with van der Waals surface area (Å²) in [6.07, 6.45) is 3.33. The van der Waals surface area contributed by atoms with Crippen molar-refractivity contribution in [1.29, 1.82) is 0 Å². The number of hydrogen-bond acceptors (Lipinski definition) is 3. The molecule has 0 saturated heterocycles. The first-order valence-corrected chi connectivity index (χ1v) is 6.45. The number of nitrogens with one attached hydrogen (secondary N) is 1. The van der Waals surface area contributed by atoms with Crippen LogP contribution >= 0.6 is 15.9 Å². The van der Waals surface area contributed by atoms with Gasteiger partial charge in [0.05, 0.1) is 5.69 Å². The van der Waals surface area contributed by atoms with E-state index in [1.54, 1.807) is 16.6 Å². The van der Waals surface area contributed by atoms with Crippen LogP contribution in [-0.4, -0.2) is 14.6 Å². The van der Waals surface area contributed by atoms with E-state index in [2.05, 4.69) is 31.3 Å². The second-order valence-electron chi connectivity index (χ2n) is 4.21. The average Bonchev–Trinajstić information content (AvgIpc) is 2.74. The average molecular weight is 321 g/mol. The molecule has 0 atom stereocenters. The number of aryl methyl sites for hydroxylation is 1. The van der Waals surface area contributed by atoms with Crippen LogP contribution in [0.5, 0.6) is 0 Å². The molecule has 0 bridgehead atoms. The summed E-state index contributed by atoms with van der Waals surface area (Å²) in [7, 11) is 0. The van der Waals surface area contributed by atoms with E-state index in [-0.39, 0.29) is 5.82 Å². The molecule has 0 amide bonds. The lowest BCUT2D eigenvalue weighted by Crippen LogP contribution is -2.00. The number of hydrogen-bond donors (Lipinski definition) is 1. The van der Waals surface area contributed by atoms with Gasteiger partial charge in [0.25, 0.3) is 0 Å². The molecular weight excluding hydrogens is 311 g/mol. The van der Waals surface area contributed by atoms with Crippen LogP contribution in [0.25, 0.3) is 5.52 Å². The Bertz CT molecular complexity index is 753. The highest BCUT2D eigenvalue weighted by atomic mass is 79.9. The van der Waals surface area contributed by atoms with Crippen molar-refractivity contribution in [2.75, 3.05) is 5.32 Å². The van der Waals surface area contributed by atoms with Crippen LogP contribution in [0.2, 0.25) is 0 Å². The standard InChI is InChI=1S/C13H10BrFN4/c1-8-4-12-13(16-7-17-19(12)6-8)18-11-3-2-9(14)5-10(11)15/h2-7H,1H3,(H,16,17,18). The topological polar surface area (TPSA) is 42.2 Å². The summed E-state index contributed by atoms with van der Waals surface area (Å²) >= 11 is 3.23. The largest absolute Gasteiger partial charge is 0.336 e. The normalized spacial score (nSPS) is 10.9. The zero-order valence-electron chi connectivity index (χ0n) is 10.1. The highest BCUT2D eigenvalue weighted by Gasteiger charge is 2.08. The van der Waals surface area contributed by atoms with Crippen LogP contribution < -0.4 is 5.32 Å². The smallest absolute Gasteiger partial charge is 0.158 e. The molecule has 0 unspecified atom stereocenters. The molecule has 96 valence electrons. The highest BCUT2D eigenvalue weighted by Crippen LogP contribution is 2.24. The van der Waals surface area contributed by atoms with Crippen molar-refractivity contribution in [2.24, 2.45) is 0 Å². The predicted molar refractivity (Wildman–Crippen MR) is 75.1 cm³/mol. The van der Waals surface area contributed by atoms with E-state index in [9.17, 15) is 4.39 Å². The van der Waals surface area contributed by atoms with Gasteiger partial charge in [0, 0.05) is 10.7 Å². The molecular formula is C13H10BrFN4. The maximum atomic E-state index is 13.8. The van der Waals surface area contributed by atoms with Gasteiger partial charge in [-0.3, -0.25) is 0 Å². The zero-order valence-corrected chi connectivity index (χ0v) is 11.6. The molecule has 0 aliphatic rings. The maximum absolute atomic E-state index is 13.8. The summed E-state index contributed by atoms with van der Waals surface area (Å²) in [6, 6.07) is 6.78. The summed E-state index contributed by atoms with van der Waals surface area (Å²) in [4.78, 5) is 4.16. The lowest BCUT2D eigenvalue weighted by atomic mass is 10.3. The second-order valence-corrected chi connectivity index (χ2v) is 5.12. The second kappa shape index (κ2) is 4.62. The lowest BCUT2D eigenvalue weighted by Gasteiger charge is -2.08. The minimum absolute atomic E-state index is 0.339. The van der Waals surface area contributed by atoms with Crippen LogP contribution in [0.3, 0.4) is 0 Å². The van der Waals surface area contributed by atoms with Gasteiger partial charge in [-0.05, 0) is 36.8 Å². The predicted octanol–water partition coefficient (Wildman–Crippen LogP) is 3.68. The molecule has 0 aliphatic heterocycles. The molecule has 3 aromatic rings. The number of aromatic nitrogens is 3. The number of rotatable bonds is 2. The van der Waals surface area contributed by atoms with Gasteiger partial charge in [0.2, 0.25) is 0 Å². The fourth-order valence-electron chi connectivity index (χ4n) is 1.87. The molecule has 19 heavy (non-hydrogen) atoms. The quantitative estimate of drug-likeness (QED) is 0.783. The fourth-order valence-corrected chi connectivity index (χ4v) is 2.21. The summed E-state index contributed by atoms with van der Waals surface area (Å²) in [6.45, 7) is 1.97. The Morgan fingerprint density at radius 1 is 1.32 bits per heavy atom. The summed E-state index contributed by atoms with van der Waals surface area (Å²) < 4.78 is 16.2. The first kappa shape index (κ1) is 12.1. The lowest BCUT2D eigenvalue weighted by molar-refractivity contribution is 0.631. The van der Waals surface area contributed by atoms with Crippen molar-refractivity contribution < 1.29 is 4.39 Å². The summed E-state index contributed by atoms with van der Waals surface area (Å²) in [5.74, 6) is 0.235. The third-order valence-electron chi connectivity index (χ3n) is 2.73. The molecule has 0 spiro atoms. The van der Waals surface area contributed by atoms with E-state index >= 15 is 0 Å². The van der Waals surface area contributed by atoms with Crippen molar-refractivity contribution in [3.05, 3.63) is 52.6 Å². The van der Waals surface area contributed by atoms with Crippen molar-refractivity contribution >= 4 is 33.0 Å². The van der Waals surface area contributed by atoms with E-state index in [0.29, 0.717) is 16.0 Å². The van der Waals surface area contributed by atoms with E-state index in [4.69, 9.17) is 0 Å². The third kappa shape index (κ3) is 2.31. The third-order valence-corrected chi connectivity index (χ3v) is 3.22. The summed E-state index contributed by atoms with van der Waals surface area (Å²) in [5, 5.41) is 7.09. The fraction of sp³-hybridized carbons (Fsp3) is 0.0769. The zero-order chi connectivity index (χ0) is 13.4. The molecule has 6 heteroatoms. The first-order chi connectivity index (χ1) is 9.13. The van der Waals surface area contributed by atoms with Crippen LogP contribution in [0.1, 0.15) is 5.56 Å². The van der Waals surface area contributed by atoms with Crippen LogP contribution in [-0.2, 0) is 0 Å². The van der Waals surface area contributed by atoms with E-state index in [0.717, 1.165) is 11.1 Å². The Balaban J connectivity index is 2.05. The monoisotopic (exact) mass is 320 g/mol. The van der Waals surface area contributed by atoms with Crippen molar-refractivity contribution in [3.63, 3.8) is 0 Å². The Morgan fingerprint density at radius 2 is 2.16 bits per heavy atom. The van der Waals surface area contributed by atoms with Gasteiger partial charge < -0.3 is 5.32 Å². The van der Waals surface area contributed by atoms with Gasteiger partial charge >= 0.3 is 0 Å². The minimum Gasteiger partial charge on any atom is -0.336 e. The van der Waals surface area contributed by atoms with E-state index in [1.165, 1.54) is 12.4 Å². The first-order valence-electron chi connectivity index (χ1n) is 5.65. The molecule has 4 nitrogen and oxygen atoms in total. The number of benzene rings is 1. The number of anilines is 2. The van der Waals surface area contributed by atoms with Crippen molar-refractivity contribution in [3.8, 4) is 0 Å². The molecule has 0 fully saturated rings. The van der Waals surface area contributed by atoms with E-state index in [1.807, 2.05) is 19.2 Å². The van der Waals surface area contributed by atoms with Gasteiger partial charge in [0.15, 0.2) is 5.82 Å². The summed E-state index contributed by atoms with van der Waals surface area (Å²) in [5.41, 5.74) is 2.25. The Kier molecular flexibility index (Phi) is 2.94. The van der Waals surface area contributed by atoms with Crippen LogP contribution in [0.15, 0.2) is 41.3 Å². The number of nitrogens with zero attached hydrogens (tertiary/aromatic N) is 3. The molecule has 0 aliphatic carbocycles. The minimum atomic E-state index is -0.339. The van der Waals surface area contributed by atoms with Gasteiger partial charge in [-0.1, -0.05) is 15.9 Å². The van der Waals surface area contributed by atoms with Crippen molar-refractivity contribution in [2.45, 2.75) is 6.92 Å². The van der Waals surface area contributed by atoms with Crippen molar-refractivity contribution in [1.82, 2.24) is 14.6 Å². The van der Waals surface area contributed by atoms with Gasteiger partial charge in [0.1, 0.15) is 17.7 Å². The maximum Gasteiger partial charge on any atom is 0.158 e. The highest BCUT2D eigenvalue weighted by molar-refractivity contribution is 9.10. The molecule has 0 radical (unpaired) electrons. The van der Waals surface area contributed by atoms with Crippen LogP contribution in [0, 0.1) is 12.7 Å². The van der Waals surface area contributed by atoms with Gasteiger partial charge in [-0.15, -0.1) is 0 Å². The SMILES string of the molecule is Cc1cc2c(Nc3ccc(Br)cc3F)ncnn2c1. The molecule has 2 heterocycles. The molecule has 0 saturated carbocycles. The van der Waals surface area contributed by atoms with Gasteiger partial charge in [-0.25, -0.2) is 13.9 Å². The molecule has 1 aromatic carbocycles. The Morgan fingerprint density at radius 3 is 2.95 bits per heavy atom. The van der Waals surface area contributed by atoms with Crippen LogP contribution in [0.4, 0.5) is 15.9 Å². The Hall–Kier alpha value is -1.95. The molecule has 2 aromatic heterocycles. The van der Waals surface area contributed by atoms with Gasteiger partial charge in [-0.2, -0.15) is 5.10 Å². The Labute approximate surface area is 117 Å². The van der Waals surface area contributed by atoms with E-state index < -0.39 is 0 Å².